The lowest BCUT2D eigenvalue weighted by atomic mass is 10.2. The molecule has 1 aromatic heterocycles. The Balaban J connectivity index is 1.80. The van der Waals surface area contributed by atoms with Crippen molar-refractivity contribution in [1.29, 1.82) is 0 Å². The van der Waals surface area contributed by atoms with Crippen LogP contribution in [-0.4, -0.2) is 39.2 Å². The maximum atomic E-state index is 12.7. The van der Waals surface area contributed by atoms with Crippen LogP contribution in [0.3, 0.4) is 0 Å². The van der Waals surface area contributed by atoms with Gasteiger partial charge in [-0.25, -0.2) is 4.90 Å². The van der Waals surface area contributed by atoms with E-state index in [2.05, 4.69) is 9.97 Å². The number of carbonyl (C=O) groups is 2. The van der Waals surface area contributed by atoms with Gasteiger partial charge in [-0.3, -0.25) is 14.4 Å². The summed E-state index contributed by atoms with van der Waals surface area (Å²) in [5.41, 5.74) is 0.239. The molecule has 1 aliphatic heterocycles. The maximum Gasteiger partial charge on any atom is 0.258 e. The van der Waals surface area contributed by atoms with E-state index in [9.17, 15) is 19.5 Å². The van der Waals surface area contributed by atoms with Crippen LogP contribution in [0.15, 0.2) is 34.2 Å². The number of rotatable bonds is 6. The van der Waals surface area contributed by atoms with Crippen LogP contribution in [0.4, 0.5) is 5.69 Å². The van der Waals surface area contributed by atoms with Gasteiger partial charge in [-0.2, -0.15) is 4.98 Å². The summed E-state index contributed by atoms with van der Waals surface area (Å²) in [5, 5.41) is 9.34. The molecule has 0 spiro atoms. The highest BCUT2D eigenvalue weighted by Crippen LogP contribution is 2.33. The van der Waals surface area contributed by atoms with E-state index >= 15 is 0 Å². The lowest BCUT2D eigenvalue weighted by Gasteiger charge is -2.15. The minimum atomic E-state index is -0.723. The Bertz CT molecular complexity index is 926. The molecule has 3 rings (SSSR count). The molecule has 9 heteroatoms. The number of benzene rings is 1. The number of methoxy groups -OCH3 is 1. The van der Waals surface area contributed by atoms with E-state index in [0.29, 0.717) is 24.3 Å². The Morgan fingerprint density at radius 1 is 1.30 bits per heavy atom. The minimum Gasteiger partial charge on any atom is -0.497 e. The number of aromatic hydroxyl groups is 1. The lowest BCUT2D eigenvalue weighted by molar-refractivity contribution is -0.121. The third kappa shape index (κ3) is 3.82. The molecule has 8 nitrogen and oxygen atoms in total. The monoisotopic (exact) mass is 389 g/mol. The molecule has 1 saturated heterocycles. The van der Waals surface area contributed by atoms with E-state index in [1.165, 1.54) is 7.11 Å². The summed E-state index contributed by atoms with van der Waals surface area (Å²) in [5.74, 6) is -0.452. The fourth-order valence-corrected chi connectivity index (χ4v) is 3.82. The first-order valence-electron chi connectivity index (χ1n) is 8.44. The van der Waals surface area contributed by atoms with Gasteiger partial charge in [-0.05, 0) is 30.7 Å². The highest BCUT2D eigenvalue weighted by atomic mass is 32.2. The number of nitrogens with one attached hydrogen (secondary N) is 1. The molecule has 0 saturated carbocycles. The number of H-pyrrole nitrogens is 1. The van der Waals surface area contributed by atoms with Crippen molar-refractivity contribution in [3.63, 3.8) is 0 Å². The van der Waals surface area contributed by atoms with E-state index in [0.717, 1.165) is 16.7 Å². The normalized spacial score (nSPS) is 16.8. The zero-order chi connectivity index (χ0) is 19.6. The molecule has 2 heterocycles. The second-order valence-electron chi connectivity index (χ2n) is 6.00. The van der Waals surface area contributed by atoms with E-state index in [1.807, 2.05) is 6.92 Å². The predicted molar refractivity (Wildman–Crippen MR) is 100 cm³/mol. The van der Waals surface area contributed by atoms with Gasteiger partial charge in [0.25, 0.3) is 5.56 Å². The van der Waals surface area contributed by atoms with Crippen LogP contribution in [0.5, 0.6) is 11.6 Å². The van der Waals surface area contributed by atoms with Gasteiger partial charge in [0.15, 0.2) is 5.16 Å². The molecule has 0 bridgehead atoms. The van der Waals surface area contributed by atoms with Crippen molar-refractivity contribution in [2.45, 2.75) is 36.6 Å². The summed E-state index contributed by atoms with van der Waals surface area (Å²) in [7, 11) is 1.53. The van der Waals surface area contributed by atoms with Crippen LogP contribution < -0.4 is 15.2 Å². The number of thioether (sulfide) groups is 1. The summed E-state index contributed by atoms with van der Waals surface area (Å²) in [6.45, 7) is 1.89. The molecule has 1 aromatic carbocycles. The molecular formula is C18H19N3O5S. The standard InChI is InChI=1S/C18H19N3O5S/c1-3-4-12-15(23)19-18(20-16(12)24)27-13-9-14(22)21(17(13)25)10-5-7-11(26-2)8-6-10/h5-8,13H,3-4,9H2,1-2H3,(H2,19,20,23,24)/t13-/m0/s1. The number of ether oxygens (including phenoxy) is 1. The molecule has 142 valence electrons. The van der Waals surface area contributed by atoms with Gasteiger partial charge in [0.05, 0.1) is 18.4 Å². The molecule has 2 aromatic rings. The maximum absolute atomic E-state index is 12.7. The van der Waals surface area contributed by atoms with Crippen LogP contribution in [0.1, 0.15) is 25.3 Å². The number of imide groups is 1. The molecule has 0 radical (unpaired) electrons. The number of carbonyl (C=O) groups excluding carboxylic acids is 2. The molecule has 27 heavy (non-hydrogen) atoms. The lowest BCUT2D eigenvalue weighted by Crippen LogP contribution is -2.31. The minimum absolute atomic E-state index is 0.0171. The molecular weight excluding hydrogens is 370 g/mol. The second-order valence-corrected chi connectivity index (χ2v) is 7.19. The number of aromatic amines is 1. The first-order valence-corrected chi connectivity index (χ1v) is 9.32. The van der Waals surface area contributed by atoms with E-state index in [-0.39, 0.29) is 28.9 Å². The van der Waals surface area contributed by atoms with Crippen molar-refractivity contribution in [2.24, 2.45) is 0 Å². The summed E-state index contributed by atoms with van der Waals surface area (Å²) in [4.78, 5) is 44.7. The third-order valence-corrected chi connectivity index (χ3v) is 5.23. The smallest absolute Gasteiger partial charge is 0.258 e. The number of hydrogen-bond acceptors (Lipinski definition) is 7. The first kappa shape index (κ1) is 19.0. The van der Waals surface area contributed by atoms with Crippen LogP contribution in [0.25, 0.3) is 0 Å². The topological polar surface area (TPSA) is 113 Å². The van der Waals surface area contributed by atoms with Gasteiger partial charge in [-0.15, -0.1) is 0 Å². The summed E-state index contributed by atoms with van der Waals surface area (Å²) in [6, 6.07) is 6.60. The van der Waals surface area contributed by atoms with Gasteiger partial charge in [0.1, 0.15) is 11.0 Å². The van der Waals surface area contributed by atoms with Gasteiger partial charge < -0.3 is 14.8 Å². The molecule has 0 unspecified atom stereocenters. The zero-order valence-corrected chi connectivity index (χ0v) is 15.7. The van der Waals surface area contributed by atoms with E-state index in [1.54, 1.807) is 24.3 Å². The second kappa shape index (κ2) is 7.83. The molecule has 0 aliphatic carbocycles. The Hall–Kier alpha value is -2.81. The average molecular weight is 389 g/mol. The van der Waals surface area contributed by atoms with Crippen molar-refractivity contribution in [2.75, 3.05) is 12.0 Å². The Kier molecular flexibility index (Phi) is 5.50. The molecule has 1 aliphatic rings. The molecule has 2 N–H and O–H groups in total. The van der Waals surface area contributed by atoms with Gasteiger partial charge in [-0.1, -0.05) is 25.1 Å². The number of aromatic nitrogens is 2. The Morgan fingerprint density at radius 2 is 2.00 bits per heavy atom. The van der Waals surface area contributed by atoms with Crippen molar-refractivity contribution in [1.82, 2.24) is 9.97 Å². The SMILES string of the molecule is CCCc1c(O)nc(S[C@H]2CC(=O)N(c3ccc(OC)cc3)C2=O)[nH]c1=O. The molecule has 1 fully saturated rings. The Morgan fingerprint density at radius 3 is 2.59 bits per heavy atom. The summed E-state index contributed by atoms with van der Waals surface area (Å²) in [6.07, 6.45) is 1.08. The predicted octanol–water partition coefficient (Wildman–Crippen LogP) is 1.86. The van der Waals surface area contributed by atoms with Crippen molar-refractivity contribution in [3.05, 3.63) is 40.2 Å². The van der Waals surface area contributed by atoms with Crippen LogP contribution >= 0.6 is 11.8 Å². The fraction of sp³-hybridized carbons (Fsp3) is 0.333. The van der Waals surface area contributed by atoms with Crippen LogP contribution in [0, 0.1) is 0 Å². The number of amides is 2. The zero-order valence-electron chi connectivity index (χ0n) is 14.9. The van der Waals surface area contributed by atoms with Crippen LogP contribution in [0.2, 0.25) is 0 Å². The van der Waals surface area contributed by atoms with E-state index in [4.69, 9.17) is 4.74 Å². The first-order chi connectivity index (χ1) is 12.9. The Labute approximate surface area is 159 Å². The van der Waals surface area contributed by atoms with Gasteiger partial charge in [0.2, 0.25) is 17.7 Å². The highest BCUT2D eigenvalue weighted by molar-refractivity contribution is 8.00. The van der Waals surface area contributed by atoms with Crippen molar-refractivity contribution < 1.29 is 19.4 Å². The quantitative estimate of drug-likeness (QED) is 0.573. The average Bonchev–Trinajstić information content (AvgIpc) is 2.92. The molecule has 2 amide bonds. The largest absolute Gasteiger partial charge is 0.497 e. The number of hydrogen-bond donors (Lipinski definition) is 2. The van der Waals surface area contributed by atoms with E-state index < -0.39 is 16.7 Å². The van der Waals surface area contributed by atoms with Gasteiger partial charge >= 0.3 is 0 Å². The number of nitrogens with zero attached hydrogens (tertiary/aromatic N) is 2. The summed E-state index contributed by atoms with van der Waals surface area (Å²) >= 11 is 0.961. The third-order valence-electron chi connectivity index (χ3n) is 4.16. The van der Waals surface area contributed by atoms with Crippen LogP contribution in [-0.2, 0) is 16.0 Å². The highest BCUT2D eigenvalue weighted by Gasteiger charge is 2.40. The number of anilines is 1. The fourth-order valence-electron chi connectivity index (χ4n) is 2.83. The molecule has 1 atom stereocenters. The van der Waals surface area contributed by atoms with Gasteiger partial charge in [0, 0.05) is 6.42 Å². The van der Waals surface area contributed by atoms with Crippen molar-refractivity contribution >= 4 is 29.3 Å². The summed E-state index contributed by atoms with van der Waals surface area (Å²) < 4.78 is 5.08. The van der Waals surface area contributed by atoms with Crippen molar-refractivity contribution in [3.8, 4) is 11.6 Å².